The molecule has 0 spiro atoms. The fraction of sp³-hybridized carbons (Fsp3) is 0.269. The first-order valence-corrected chi connectivity index (χ1v) is 11.1. The molecular weight excluding hydrogens is 416 g/mol. The van der Waals surface area contributed by atoms with Crippen molar-refractivity contribution in [1.82, 2.24) is 10.2 Å². The molecule has 1 amide bonds. The Morgan fingerprint density at radius 2 is 1.58 bits per heavy atom. The van der Waals surface area contributed by atoms with Crippen LogP contribution in [0.1, 0.15) is 27.0 Å². The van der Waals surface area contributed by atoms with Gasteiger partial charge in [-0.25, -0.2) is 0 Å². The molecule has 1 aliphatic rings. The van der Waals surface area contributed by atoms with Crippen LogP contribution >= 0.6 is 0 Å². The van der Waals surface area contributed by atoms with Gasteiger partial charge in [0.05, 0.1) is 4.92 Å². The molecule has 33 heavy (non-hydrogen) atoms. The van der Waals surface area contributed by atoms with Crippen LogP contribution in [-0.4, -0.2) is 41.9 Å². The van der Waals surface area contributed by atoms with Crippen molar-refractivity contribution in [2.45, 2.75) is 20.0 Å². The molecule has 3 aromatic carbocycles. The lowest BCUT2D eigenvalue weighted by atomic mass is 10.0. The molecule has 4 rings (SSSR count). The van der Waals surface area contributed by atoms with Crippen LogP contribution in [0.25, 0.3) is 0 Å². The Balaban J connectivity index is 1.37. The molecule has 0 aromatic heterocycles. The molecular formula is C26H28N4O3. The topological polar surface area (TPSA) is 78.7 Å². The molecule has 0 unspecified atom stereocenters. The van der Waals surface area contributed by atoms with Crippen molar-refractivity contribution in [3.05, 3.63) is 105 Å². The summed E-state index contributed by atoms with van der Waals surface area (Å²) in [5, 5.41) is 14.1. The molecule has 0 bridgehead atoms. The number of amides is 1. The van der Waals surface area contributed by atoms with Gasteiger partial charge in [0, 0.05) is 62.1 Å². The maximum Gasteiger partial charge on any atom is 0.273 e. The van der Waals surface area contributed by atoms with Crippen LogP contribution < -0.4 is 10.2 Å². The first-order chi connectivity index (χ1) is 16.0. The number of nitro groups is 1. The predicted octanol–water partition coefficient (Wildman–Crippen LogP) is 4.16. The Morgan fingerprint density at radius 3 is 2.27 bits per heavy atom. The Hall–Kier alpha value is -3.71. The van der Waals surface area contributed by atoms with E-state index in [0.29, 0.717) is 17.7 Å². The summed E-state index contributed by atoms with van der Waals surface area (Å²) >= 11 is 0. The van der Waals surface area contributed by atoms with Gasteiger partial charge in [-0.05, 0) is 36.2 Å². The van der Waals surface area contributed by atoms with E-state index >= 15 is 0 Å². The number of piperazine rings is 1. The van der Waals surface area contributed by atoms with Crippen LogP contribution in [0.5, 0.6) is 0 Å². The van der Waals surface area contributed by atoms with E-state index in [-0.39, 0.29) is 11.6 Å². The maximum atomic E-state index is 12.7. The zero-order valence-corrected chi connectivity index (χ0v) is 18.7. The minimum absolute atomic E-state index is 0.0438. The van der Waals surface area contributed by atoms with Gasteiger partial charge in [0.2, 0.25) is 0 Å². The minimum atomic E-state index is -0.459. The monoisotopic (exact) mass is 444 g/mol. The molecule has 1 saturated heterocycles. The molecule has 0 radical (unpaired) electrons. The van der Waals surface area contributed by atoms with Crippen molar-refractivity contribution in [2.75, 3.05) is 31.1 Å². The Labute approximate surface area is 193 Å². The number of nitrogens with zero attached hydrogens (tertiary/aromatic N) is 3. The van der Waals surface area contributed by atoms with Gasteiger partial charge >= 0.3 is 0 Å². The van der Waals surface area contributed by atoms with Crippen molar-refractivity contribution in [1.29, 1.82) is 0 Å². The minimum Gasteiger partial charge on any atom is -0.369 e. The molecule has 1 heterocycles. The second-order valence-corrected chi connectivity index (χ2v) is 8.26. The summed E-state index contributed by atoms with van der Waals surface area (Å²) in [6.45, 7) is 6.72. The zero-order chi connectivity index (χ0) is 23.2. The number of rotatable bonds is 7. The van der Waals surface area contributed by atoms with Crippen molar-refractivity contribution < 1.29 is 9.72 Å². The number of carbonyl (C=O) groups excluding carboxylic acids is 1. The normalized spacial score (nSPS) is 14.2. The third kappa shape index (κ3) is 5.38. The lowest BCUT2D eigenvalue weighted by molar-refractivity contribution is -0.385. The number of anilines is 1. The number of benzene rings is 3. The fourth-order valence-electron chi connectivity index (χ4n) is 4.27. The molecule has 1 aliphatic heterocycles. The average Bonchev–Trinajstić information content (AvgIpc) is 2.84. The number of para-hydroxylation sites is 1. The molecule has 1 fully saturated rings. The molecule has 170 valence electrons. The first kappa shape index (κ1) is 22.5. The first-order valence-electron chi connectivity index (χ1n) is 11.1. The molecule has 1 N–H and O–H groups in total. The summed E-state index contributed by atoms with van der Waals surface area (Å²) in [6, 6.07) is 23.2. The Bertz CT molecular complexity index is 1130. The van der Waals surface area contributed by atoms with E-state index in [1.807, 2.05) is 24.3 Å². The standard InChI is InChI=1S/C26H28N4O3/c1-20-24(12-7-13-25(20)30(32)33)26(31)27-18-21-8-5-6-9-22(21)19-28-14-16-29(17-15-28)23-10-3-2-4-11-23/h2-13H,14-19H2,1H3,(H,27,31). The highest BCUT2D eigenvalue weighted by atomic mass is 16.6. The van der Waals surface area contributed by atoms with Gasteiger partial charge in [0.15, 0.2) is 0 Å². The van der Waals surface area contributed by atoms with Gasteiger partial charge in [0.1, 0.15) is 0 Å². The van der Waals surface area contributed by atoms with Crippen LogP contribution in [0.2, 0.25) is 0 Å². The summed E-state index contributed by atoms with van der Waals surface area (Å²) in [7, 11) is 0. The Morgan fingerprint density at radius 1 is 0.909 bits per heavy atom. The number of carbonyl (C=O) groups is 1. The van der Waals surface area contributed by atoms with Crippen molar-refractivity contribution >= 4 is 17.3 Å². The average molecular weight is 445 g/mol. The molecule has 0 aliphatic carbocycles. The fourth-order valence-corrected chi connectivity index (χ4v) is 4.27. The van der Waals surface area contributed by atoms with Crippen LogP contribution in [0.4, 0.5) is 11.4 Å². The van der Waals surface area contributed by atoms with Gasteiger partial charge < -0.3 is 10.2 Å². The molecule has 7 nitrogen and oxygen atoms in total. The summed E-state index contributed by atoms with van der Waals surface area (Å²) in [6.07, 6.45) is 0. The van der Waals surface area contributed by atoms with Gasteiger partial charge in [-0.3, -0.25) is 19.8 Å². The zero-order valence-electron chi connectivity index (χ0n) is 18.7. The molecule has 3 aromatic rings. The third-order valence-corrected chi connectivity index (χ3v) is 6.19. The van der Waals surface area contributed by atoms with Gasteiger partial charge in [-0.15, -0.1) is 0 Å². The lowest BCUT2D eigenvalue weighted by Crippen LogP contribution is -2.46. The summed E-state index contributed by atoms with van der Waals surface area (Å²) in [5.74, 6) is -0.303. The van der Waals surface area contributed by atoms with Crippen LogP contribution in [0.3, 0.4) is 0 Å². The van der Waals surface area contributed by atoms with Crippen molar-refractivity contribution in [2.24, 2.45) is 0 Å². The predicted molar refractivity (Wildman–Crippen MR) is 129 cm³/mol. The van der Waals surface area contributed by atoms with Crippen LogP contribution in [0.15, 0.2) is 72.8 Å². The second kappa shape index (κ2) is 10.3. The van der Waals surface area contributed by atoms with E-state index in [9.17, 15) is 14.9 Å². The highest BCUT2D eigenvalue weighted by Gasteiger charge is 2.20. The van der Waals surface area contributed by atoms with Gasteiger partial charge in [-0.1, -0.05) is 48.5 Å². The number of nitrogens with one attached hydrogen (secondary N) is 1. The third-order valence-electron chi connectivity index (χ3n) is 6.19. The van der Waals surface area contributed by atoms with E-state index in [2.05, 4.69) is 45.4 Å². The summed E-state index contributed by atoms with van der Waals surface area (Å²) in [4.78, 5) is 28.3. The van der Waals surface area contributed by atoms with Crippen molar-refractivity contribution in [3.8, 4) is 0 Å². The van der Waals surface area contributed by atoms with Crippen molar-refractivity contribution in [3.63, 3.8) is 0 Å². The Kier molecular flexibility index (Phi) is 7.00. The van der Waals surface area contributed by atoms with E-state index in [1.54, 1.807) is 19.1 Å². The van der Waals surface area contributed by atoms with Gasteiger partial charge in [-0.2, -0.15) is 0 Å². The quantitative estimate of drug-likeness (QED) is 0.437. The second-order valence-electron chi connectivity index (χ2n) is 8.26. The highest BCUT2D eigenvalue weighted by Crippen LogP contribution is 2.22. The van der Waals surface area contributed by atoms with Crippen LogP contribution in [-0.2, 0) is 13.1 Å². The van der Waals surface area contributed by atoms with Gasteiger partial charge in [0.25, 0.3) is 11.6 Å². The van der Waals surface area contributed by atoms with E-state index < -0.39 is 4.92 Å². The smallest absolute Gasteiger partial charge is 0.273 e. The van der Waals surface area contributed by atoms with Crippen LogP contribution in [0, 0.1) is 17.0 Å². The van der Waals surface area contributed by atoms with E-state index in [1.165, 1.54) is 17.3 Å². The maximum absolute atomic E-state index is 12.7. The highest BCUT2D eigenvalue weighted by molar-refractivity contribution is 5.96. The number of nitro benzene ring substituents is 1. The number of hydrogen-bond acceptors (Lipinski definition) is 5. The molecule has 7 heteroatoms. The van der Waals surface area contributed by atoms with E-state index in [4.69, 9.17) is 0 Å². The van der Waals surface area contributed by atoms with E-state index in [0.717, 1.165) is 38.3 Å². The summed E-state index contributed by atoms with van der Waals surface area (Å²) < 4.78 is 0. The summed E-state index contributed by atoms with van der Waals surface area (Å²) in [5.41, 5.74) is 4.17. The number of hydrogen-bond donors (Lipinski definition) is 1. The largest absolute Gasteiger partial charge is 0.369 e. The SMILES string of the molecule is Cc1c(C(=O)NCc2ccccc2CN2CCN(c3ccccc3)CC2)cccc1[N+](=O)[O-]. The molecule has 0 atom stereocenters. The molecule has 0 saturated carbocycles. The lowest BCUT2D eigenvalue weighted by Gasteiger charge is -2.36.